The lowest BCUT2D eigenvalue weighted by Gasteiger charge is -2.34. The highest BCUT2D eigenvalue weighted by Crippen LogP contribution is 2.44. The lowest BCUT2D eigenvalue weighted by atomic mass is 9.91. The van der Waals surface area contributed by atoms with Crippen LogP contribution in [0.2, 0.25) is 0 Å². The number of ether oxygens (including phenoxy) is 2. The van der Waals surface area contributed by atoms with Gasteiger partial charge in [0.25, 0.3) is 5.91 Å². The van der Waals surface area contributed by atoms with Crippen molar-refractivity contribution in [1.29, 1.82) is 0 Å². The van der Waals surface area contributed by atoms with Gasteiger partial charge in [-0.2, -0.15) is 0 Å². The fourth-order valence-electron chi connectivity index (χ4n) is 8.65. The van der Waals surface area contributed by atoms with E-state index < -0.39 is 17.4 Å². The number of hydrogen-bond acceptors (Lipinski definition) is 8. The number of alkyl carbamates (subject to hydrolysis) is 1. The maximum atomic E-state index is 14.6. The van der Waals surface area contributed by atoms with E-state index in [1.54, 1.807) is 16.7 Å². The summed E-state index contributed by atoms with van der Waals surface area (Å²) in [6.45, 7) is 9.75. The van der Waals surface area contributed by atoms with Gasteiger partial charge in [-0.15, -0.1) is 0 Å². The van der Waals surface area contributed by atoms with E-state index in [-0.39, 0.29) is 48.1 Å². The van der Waals surface area contributed by atoms with Gasteiger partial charge in [0, 0.05) is 51.1 Å². The molecule has 3 aliphatic rings. The number of nitrogens with one attached hydrogen (secondary N) is 1. The minimum Gasteiger partial charge on any atom is -0.451 e. The monoisotopic (exact) mass is 794 g/mol. The van der Waals surface area contributed by atoms with Gasteiger partial charge in [0.2, 0.25) is 5.91 Å². The number of benzene rings is 4. The second-order valence-corrected chi connectivity index (χ2v) is 15.8. The number of hydrogen-bond donors (Lipinski definition) is 1. The van der Waals surface area contributed by atoms with Crippen molar-refractivity contribution in [1.82, 2.24) is 25.1 Å². The zero-order valence-corrected chi connectivity index (χ0v) is 33.7. The number of carbonyl (C=O) groups excluding carboxylic acids is 3. The minimum absolute atomic E-state index is 0.0938. The van der Waals surface area contributed by atoms with Gasteiger partial charge < -0.3 is 29.5 Å². The lowest BCUT2D eigenvalue weighted by Crippen LogP contribution is -2.59. The molecule has 2 aliphatic heterocycles. The summed E-state index contributed by atoms with van der Waals surface area (Å²) >= 11 is 0. The number of amides is 3. The number of anilines is 1. The summed E-state index contributed by atoms with van der Waals surface area (Å²) in [6.07, 6.45) is 2.58. The summed E-state index contributed by atoms with van der Waals surface area (Å²) in [5.74, 6) is -0.181. The Bertz CT molecular complexity index is 2380. The first-order valence-corrected chi connectivity index (χ1v) is 20.0. The molecule has 1 N–H and O–H groups in total. The molecule has 0 spiro atoms. The van der Waals surface area contributed by atoms with Crippen LogP contribution in [0.5, 0.6) is 11.5 Å². The van der Waals surface area contributed by atoms with E-state index >= 15 is 0 Å². The highest BCUT2D eigenvalue weighted by molar-refractivity contribution is 5.97. The molecule has 0 saturated heterocycles. The molecule has 3 heterocycles. The van der Waals surface area contributed by atoms with Crippen molar-refractivity contribution in [2.75, 3.05) is 44.2 Å². The summed E-state index contributed by atoms with van der Waals surface area (Å²) in [5.41, 5.74) is 6.34. The third-order valence-corrected chi connectivity index (χ3v) is 11.5. The Balaban J connectivity index is 0.956. The average Bonchev–Trinajstić information content (AvgIpc) is 3.92. The third kappa shape index (κ3) is 7.86. The van der Waals surface area contributed by atoms with E-state index in [0.717, 1.165) is 39.0 Å². The lowest BCUT2D eigenvalue weighted by molar-refractivity contribution is -0.136. The van der Waals surface area contributed by atoms with Crippen LogP contribution < -0.4 is 15.0 Å². The first-order valence-electron chi connectivity index (χ1n) is 20.0. The normalized spacial score (nSPS) is 15.4. The number of fused-ring (bicyclic) bond motifs is 3. The first kappa shape index (κ1) is 39.3. The van der Waals surface area contributed by atoms with Gasteiger partial charge in [0.1, 0.15) is 30.0 Å². The minimum atomic E-state index is -1.30. The summed E-state index contributed by atoms with van der Waals surface area (Å²) < 4.78 is 26.7. The van der Waals surface area contributed by atoms with E-state index in [1.807, 2.05) is 80.3 Å². The molecule has 12 heteroatoms. The Morgan fingerprint density at radius 2 is 1.53 bits per heavy atom. The van der Waals surface area contributed by atoms with Gasteiger partial charge in [-0.25, -0.2) is 19.2 Å². The molecule has 1 aliphatic carbocycles. The first-order chi connectivity index (χ1) is 28.5. The second kappa shape index (κ2) is 16.4. The SMILES string of the molecule is CCN(C(=O)c1cc(F)ccc1Oc1cncnc1N1CC2=C(CN(C(=O)[C@](C)(Cc3ccccc3)NC(=O)OCC3c4ccccc4-c4ccccc43)C2)C1)C(C)C. The Labute approximate surface area is 343 Å². The van der Waals surface area contributed by atoms with Gasteiger partial charge in [-0.05, 0) is 84.9 Å². The van der Waals surface area contributed by atoms with E-state index in [9.17, 15) is 18.8 Å². The topological polar surface area (TPSA) is 117 Å². The van der Waals surface area contributed by atoms with Crippen LogP contribution in [0.4, 0.5) is 15.0 Å². The maximum Gasteiger partial charge on any atom is 0.408 e. The highest BCUT2D eigenvalue weighted by atomic mass is 19.1. The Morgan fingerprint density at radius 1 is 0.881 bits per heavy atom. The third-order valence-electron chi connectivity index (χ3n) is 11.5. The Morgan fingerprint density at radius 3 is 2.17 bits per heavy atom. The molecule has 3 amide bonds. The number of carbonyl (C=O) groups is 3. The molecule has 0 unspecified atom stereocenters. The van der Waals surface area contributed by atoms with Crippen molar-refractivity contribution in [2.24, 2.45) is 0 Å². The fourth-order valence-corrected chi connectivity index (χ4v) is 8.65. The summed E-state index contributed by atoms with van der Waals surface area (Å²) in [6, 6.07) is 29.8. The number of rotatable bonds is 12. The molecule has 8 rings (SSSR count). The van der Waals surface area contributed by atoms with Crippen molar-refractivity contribution in [3.8, 4) is 22.6 Å². The van der Waals surface area contributed by atoms with Crippen LogP contribution in [0.25, 0.3) is 11.1 Å². The molecule has 302 valence electrons. The molecule has 0 saturated carbocycles. The maximum absolute atomic E-state index is 14.6. The molecular weight excluding hydrogens is 748 g/mol. The van der Waals surface area contributed by atoms with Crippen molar-refractivity contribution in [3.05, 3.63) is 149 Å². The van der Waals surface area contributed by atoms with Gasteiger partial charge >= 0.3 is 6.09 Å². The molecule has 0 bridgehead atoms. The zero-order valence-electron chi connectivity index (χ0n) is 33.7. The molecule has 11 nitrogen and oxygen atoms in total. The molecular formula is C47H47FN6O5. The summed E-state index contributed by atoms with van der Waals surface area (Å²) in [7, 11) is 0. The molecule has 0 fully saturated rings. The quantitative estimate of drug-likeness (QED) is 0.127. The van der Waals surface area contributed by atoms with E-state index in [2.05, 4.69) is 39.6 Å². The van der Waals surface area contributed by atoms with Crippen molar-refractivity contribution >= 4 is 23.7 Å². The molecule has 5 aromatic rings. The largest absolute Gasteiger partial charge is 0.451 e. The predicted octanol–water partition coefficient (Wildman–Crippen LogP) is 7.78. The van der Waals surface area contributed by atoms with Crippen LogP contribution in [-0.4, -0.2) is 88.6 Å². The Hall–Kier alpha value is -6.56. The zero-order chi connectivity index (χ0) is 41.3. The molecule has 0 radical (unpaired) electrons. The fraction of sp³-hybridized carbons (Fsp3) is 0.298. The van der Waals surface area contributed by atoms with Crippen molar-refractivity contribution in [3.63, 3.8) is 0 Å². The standard InChI is InChI=1S/C47H47FN6O5/c1-5-54(30(2)3)44(55)39-21-34(48)19-20-41(39)59-42-23-49-29-50-43(42)52-24-32-26-53(27-33(32)25-52)45(56)47(4,22-31-13-7-6-8-14-31)51-46(57)58-28-40-37-17-11-9-15-35(37)36-16-10-12-18-38(36)40/h6-21,23,29-30,40H,5,22,24-28H2,1-4H3,(H,51,57)/t47-/m0/s1. The van der Waals surface area contributed by atoms with Crippen LogP contribution in [0.3, 0.4) is 0 Å². The van der Waals surface area contributed by atoms with Gasteiger partial charge in [-0.1, -0.05) is 78.9 Å². The van der Waals surface area contributed by atoms with Crippen LogP contribution in [0.15, 0.2) is 121 Å². The number of aromatic nitrogens is 2. The molecule has 1 aromatic heterocycles. The van der Waals surface area contributed by atoms with Crippen molar-refractivity contribution in [2.45, 2.75) is 51.6 Å². The molecule has 1 atom stereocenters. The predicted molar refractivity (Wildman–Crippen MR) is 223 cm³/mol. The van der Waals surface area contributed by atoms with Gasteiger partial charge in [0.05, 0.1) is 11.8 Å². The van der Waals surface area contributed by atoms with E-state index in [0.29, 0.717) is 44.3 Å². The molecule has 59 heavy (non-hydrogen) atoms. The number of nitrogens with zero attached hydrogens (tertiary/aromatic N) is 5. The molecule has 4 aromatic carbocycles. The smallest absolute Gasteiger partial charge is 0.408 e. The van der Waals surface area contributed by atoms with Crippen LogP contribution in [0.1, 0.15) is 60.7 Å². The van der Waals surface area contributed by atoms with Crippen molar-refractivity contribution < 1.29 is 28.2 Å². The highest BCUT2D eigenvalue weighted by Gasteiger charge is 2.43. The van der Waals surface area contributed by atoms with Gasteiger partial charge in [-0.3, -0.25) is 9.59 Å². The Kier molecular flexibility index (Phi) is 10.9. The van der Waals surface area contributed by atoms with E-state index in [4.69, 9.17) is 9.47 Å². The summed E-state index contributed by atoms with van der Waals surface area (Å²) in [4.78, 5) is 56.0. The van der Waals surface area contributed by atoms with Crippen LogP contribution >= 0.6 is 0 Å². The number of halogens is 1. The van der Waals surface area contributed by atoms with Crippen LogP contribution in [0, 0.1) is 5.82 Å². The average molecular weight is 795 g/mol. The second-order valence-electron chi connectivity index (χ2n) is 15.8. The van der Waals surface area contributed by atoms with Crippen LogP contribution in [-0.2, 0) is 16.0 Å². The van der Waals surface area contributed by atoms with Gasteiger partial charge in [0.15, 0.2) is 11.6 Å². The summed E-state index contributed by atoms with van der Waals surface area (Å²) in [5, 5.41) is 2.99. The van der Waals surface area contributed by atoms with E-state index in [1.165, 1.54) is 30.7 Å².